The van der Waals surface area contributed by atoms with Gasteiger partial charge in [0.15, 0.2) is 11.5 Å². The average Bonchev–Trinajstić information content (AvgIpc) is 2.57. The molecule has 0 unspecified atom stereocenters. The van der Waals surface area contributed by atoms with Crippen LogP contribution in [-0.2, 0) is 0 Å². The molecule has 6 nitrogen and oxygen atoms in total. The number of benzene rings is 1. The molecular formula is C17H19N3O3. The number of rotatable bonds is 6. The van der Waals surface area contributed by atoms with Crippen molar-refractivity contribution in [2.75, 3.05) is 13.2 Å². The van der Waals surface area contributed by atoms with Crippen LogP contribution < -0.4 is 14.8 Å². The van der Waals surface area contributed by atoms with Gasteiger partial charge in [0.05, 0.1) is 13.2 Å². The minimum Gasteiger partial charge on any atom is -0.490 e. The zero-order valence-electron chi connectivity index (χ0n) is 13.1. The first-order valence-electron chi connectivity index (χ1n) is 7.35. The summed E-state index contributed by atoms with van der Waals surface area (Å²) in [5, 5.41) is 10.5. The Morgan fingerprint density at radius 1 is 1.13 bits per heavy atom. The van der Waals surface area contributed by atoms with Gasteiger partial charge in [-0.1, -0.05) is 0 Å². The average molecular weight is 313 g/mol. The number of hydrogen-bond acceptors (Lipinski definition) is 5. The molecule has 6 heteroatoms. The summed E-state index contributed by atoms with van der Waals surface area (Å²) in [5.74, 6) is 0.709. The summed E-state index contributed by atoms with van der Waals surface area (Å²) in [6, 6.07) is 8.36. The van der Waals surface area contributed by atoms with E-state index in [1.807, 2.05) is 13.8 Å². The van der Waals surface area contributed by atoms with Crippen LogP contribution in [0.15, 0.2) is 42.7 Å². The summed E-state index contributed by atoms with van der Waals surface area (Å²) in [7, 11) is 0. The maximum atomic E-state index is 12.3. The number of nitrogens with one attached hydrogen (secondary N) is 2. The number of nitrogens with zero attached hydrogens (tertiary/aromatic N) is 1. The van der Waals surface area contributed by atoms with Crippen molar-refractivity contribution >= 4 is 11.7 Å². The van der Waals surface area contributed by atoms with Gasteiger partial charge in [-0.3, -0.25) is 15.2 Å². The molecule has 2 N–H and O–H groups in total. The summed E-state index contributed by atoms with van der Waals surface area (Å²) >= 11 is 0. The number of hydrogen-bond donors (Lipinski definition) is 2. The van der Waals surface area contributed by atoms with E-state index in [1.54, 1.807) is 36.5 Å². The zero-order chi connectivity index (χ0) is 16.7. The lowest BCUT2D eigenvalue weighted by Gasteiger charge is -2.12. The smallest absolute Gasteiger partial charge is 0.256 e. The summed E-state index contributed by atoms with van der Waals surface area (Å²) in [5.41, 5.74) is 0.933. The largest absolute Gasteiger partial charge is 0.490 e. The van der Waals surface area contributed by atoms with Crippen LogP contribution in [0.2, 0.25) is 0 Å². The third-order valence-electron chi connectivity index (χ3n) is 2.99. The van der Waals surface area contributed by atoms with Gasteiger partial charge in [0.2, 0.25) is 0 Å². The van der Waals surface area contributed by atoms with Crippen LogP contribution in [0.3, 0.4) is 0 Å². The summed E-state index contributed by atoms with van der Waals surface area (Å²) < 4.78 is 11.0. The van der Waals surface area contributed by atoms with E-state index in [0.717, 1.165) is 0 Å². The highest BCUT2D eigenvalue weighted by Gasteiger charge is 2.13. The normalized spacial score (nSPS) is 10.0. The Morgan fingerprint density at radius 3 is 2.52 bits per heavy atom. The molecule has 0 aliphatic rings. The van der Waals surface area contributed by atoms with Gasteiger partial charge in [-0.15, -0.1) is 0 Å². The van der Waals surface area contributed by atoms with E-state index >= 15 is 0 Å². The van der Waals surface area contributed by atoms with Gasteiger partial charge in [0.1, 0.15) is 5.84 Å². The van der Waals surface area contributed by atoms with Crippen molar-refractivity contribution in [3.8, 4) is 11.5 Å². The predicted octanol–water partition coefficient (Wildman–Crippen LogP) is 2.63. The minimum atomic E-state index is -0.386. The molecule has 2 rings (SSSR count). The van der Waals surface area contributed by atoms with Crippen LogP contribution in [0.5, 0.6) is 11.5 Å². The van der Waals surface area contributed by atoms with Gasteiger partial charge >= 0.3 is 0 Å². The van der Waals surface area contributed by atoms with E-state index in [1.165, 1.54) is 6.20 Å². The summed E-state index contributed by atoms with van der Waals surface area (Å²) in [6.45, 7) is 4.72. The lowest BCUT2D eigenvalue weighted by Crippen LogP contribution is -2.30. The van der Waals surface area contributed by atoms with Gasteiger partial charge in [0.25, 0.3) is 5.91 Å². The molecule has 0 aliphatic heterocycles. The van der Waals surface area contributed by atoms with Crippen LogP contribution in [0.25, 0.3) is 0 Å². The molecule has 1 amide bonds. The molecule has 1 aromatic heterocycles. The fourth-order valence-corrected chi connectivity index (χ4v) is 1.96. The van der Waals surface area contributed by atoms with Crippen LogP contribution in [-0.4, -0.2) is 29.9 Å². The van der Waals surface area contributed by atoms with Gasteiger partial charge in [-0.05, 0) is 44.2 Å². The Balaban J connectivity index is 2.15. The van der Waals surface area contributed by atoms with Crippen molar-refractivity contribution in [3.05, 3.63) is 53.9 Å². The summed E-state index contributed by atoms with van der Waals surface area (Å²) in [4.78, 5) is 16.2. The second-order valence-electron chi connectivity index (χ2n) is 4.60. The molecule has 0 saturated carbocycles. The van der Waals surface area contributed by atoms with Gasteiger partial charge in [-0.2, -0.15) is 0 Å². The predicted molar refractivity (Wildman–Crippen MR) is 87.3 cm³/mol. The number of carbonyl (C=O) groups excluding carboxylic acids is 1. The van der Waals surface area contributed by atoms with Crippen molar-refractivity contribution in [3.63, 3.8) is 0 Å². The molecule has 0 bridgehead atoms. The fraction of sp³-hybridized carbons (Fsp3) is 0.235. The Labute approximate surface area is 135 Å². The topological polar surface area (TPSA) is 84.3 Å². The van der Waals surface area contributed by atoms with Gasteiger partial charge in [0, 0.05) is 23.5 Å². The number of pyridine rings is 1. The highest BCUT2D eigenvalue weighted by molar-refractivity contribution is 6.11. The van der Waals surface area contributed by atoms with E-state index in [0.29, 0.717) is 35.8 Å². The van der Waals surface area contributed by atoms with Crippen molar-refractivity contribution in [2.45, 2.75) is 13.8 Å². The second kappa shape index (κ2) is 7.93. The lowest BCUT2D eigenvalue weighted by atomic mass is 10.1. The Bertz CT molecular complexity index is 687. The van der Waals surface area contributed by atoms with Crippen LogP contribution >= 0.6 is 0 Å². The Hall–Kier alpha value is -2.89. The fourth-order valence-electron chi connectivity index (χ4n) is 1.96. The molecule has 1 heterocycles. The standard InChI is InChI=1S/C17H19N3O3/c1-3-22-14-8-7-12(10-15(14)23-4-2)17(21)20-16(18)13-6-5-9-19-11-13/h5-11H,3-4H2,1-2H3,(H2,18,20,21). The molecule has 0 fully saturated rings. The molecular weight excluding hydrogens is 294 g/mol. The van der Waals surface area contributed by atoms with Gasteiger partial charge < -0.3 is 14.8 Å². The molecule has 2 aromatic rings. The third kappa shape index (κ3) is 4.29. The molecule has 0 radical (unpaired) electrons. The molecule has 23 heavy (non-hydrogen) atoms. The van der Waals surface area contributed by atoms with Crippen LogP contribution in [0.4, 0.5) is 0 Å². The molecule has 0 atom stereocenters. The van der Waals surface area contributed by atoms with Crippen LogP contribution in [0.1, 0.15) is 29.8 Å². The van der Waals surface area contributed by atoms with E-state index in [-0.39, 0.29) is 11.7 Å². The van der Waals surface area contributed by atoms with E-state index in [9.17, 15) is 4.79 Å². The number of ether oxygens (including phenoxy) is 2. The number of amidine groups is 1. The first-order chi connectivity index (χ1) is 11.2. The first kappa shape index (κ1) is 16.5. The molecule has 0 saturated heterocycles. The van der Waals surface area contributed by atoms with E-state index in [2.05, 4.69) is 10.3 Å². The maximum Gasteiger partial charge on any atom is 0.256 e. The van der Waals surface area contributed by atoms with E-state index in [4.69, 9.17) is 14.9 Å². The quantitative estimate of drug-likeness (QED) is 0.634. The first-order valence-corrected chi connectivity index (χ1v) is 7.35. The highest BCUT2D eigenvalue weighted by atomic mass is 16.5. The monoisotopic (exact) mass is 313 g/mol. The SMILES string of the molecule is CCOc1ccc(C(=O)NC(=N)c2cccnc2)cc1OCC. The Kier molecular flexibility index (Phi) is 5.68. The number of amides is 1. The summed E-state index contributed by atoms with van der Waals surface area (Å²) in [6.07, 6.45) is 3.13. The van der Waals surface area contributed by atoms with Crippen molar-refractivity contribution in [2.24, 2.45) is 0 Å². The molecule has 0 spiro atoms. The van der Waals surface area contributed by atoms with Crippen molar-refractivity contribution in [1.29, 1.82) is 5.41 Å². The molecule has 120 valence electrons. The minimum absolute atomic E-state index is 0.00468. The number of carbonyl (C=O) groups is 1. The highest BCUT2D eigenvalue weighted by Crippen LogP contribution is 2.28. The lowest BCUT2D eigenvalue weighted by molar-refractivity contribution is 0.0976. The second-order valence-corrected chi connectivity index (χ2v) is 4.60. The van der Waals surface area contributed by atoms with Crippen LogP contribution in [0, 0.1) is 5.41 Å². The van der Waals surface area contributed by atoms with Gasteiger partial charge in [-0.25, -0.2) is 0 Å². The number of aromatic nitrogens is 1. The maximum absolute atomic E-state index is 12.3. The van der Waals surface area contributed by atoms with E-state index < -0.39 is 0 Å². The molecule has 1 aromatic carbocycles. The van der Waals surface area contributed by atoms with Crippen molar-refractivity contribution < 1.29 is 14.3 Å². The molecule has 0 aliphatic carbocycles. The zero-order valence-corrected chi connectivity index (χ0v) is 13.1. The Morgan fingerprint density at radius 2 is 1.87 bits per heavy atom. The van der Waals surface area contributed by atoms with Crippen molar-refractivity contribution in [1.82, 2.24) is 10.3 Å². The third-order valence-corrected chi connectivity index (χ3v) is 2.99.